The molecule has 3 amide bonds. The largest absolute Gasteiger partial charge is 0.365 e. The van der Waals surface area contributed by atoms with Crippen LogP contribution < -0.4 is 16.6 Å². The second-order valence-corrected chi connectivity index (χ2v) is 9.16. The van der Waals surface area contributed by atoms with Gasteiger partial charge < -0.3 is 16.0 Å². The van der Waals surface area contributed by atoms with Gasteiger partial charge in [0.15, 0.2) is 0 Å². The lowest BCUT2D eigenvalue weighted by atomic mass is 10.1. The van der Waals surface area contributed by atoms with Crippen LogP contribution in [0.2, 0.25) is 0 Å². The molecule has 0 bridgehead atoms. The highest BCUT2D eigenvalue weighted by Gasteiger charge is 2.19. The molecule has 0 saturated heterocycles. The third kappa shape index (κ3) is 5.87. The number of carbonyl (C=O) groups excluding carboxylic acids is 3. The van der Waals surface area contributed by atoms with E-state index in [4.69, 9.17) is 5.73 Å². The Morgan fingerprint density at radius 3 is 2.39 bits per heavy atom. The highest BCUT2D eigenvalue weighted by Crippen LogP contribution is 2.14. The second-order valence-electron chi connectivity index (χ2n) is 6.90. The number of pyridine rings is 2. The third-order valence-electron chi connectivity index (χ3n) is 4.62. The van der Waals surface area contributed by atoms with Gasteiger partial charge in [-0.25, -0.2) is 13.4 Å². The van der Waals surface area contributed by atoms with Crippen molar-refractivity contribution < 1.29 is 22.8 Å². The first kappa shape index (κ1) is 24.0. The molecule has 3 N–H and O–H groups in total. The summed E-state index contributed by atoms with van der Waals surface area (Å²) in [6, 6.07) is 2.61. The molecule has 0 radical (unpaired) electrons. The molecule has 0 saturated carbocycles. The molecule has 168 valence electrons. The van der Waals surface area contributed by atoms with Crippen LogP contribution in [0.5, 0.6) is 0 Å². The molecule has 2 aromatic rings. The molecule has 0 aliphatic heterocycles. The van der Waals surface area contributed by atoms with Crippen LogP contribution in [0.1, 0.15) is 34.6 Å². The topological polar surface area (TPSA) is 162 Å². The standard InChI is InChI=1S/C19H25N5O6S/c1-4-23(5-2)15(25)11-24-17-12(9-14(16(20)26)19(24)28)8-13(10-22-17)18(27)21-6-7-31(3,29)30/h8-10H,4-7,11H2,1-3H3,(H2,20,26)(H,21,27). The van der Waals surface area contributed by atoms with Crippen LogP contribution in [0.15, 0.2) is 23.1 Å². The second kappa shape index (κ2) is 9.69. The number of aromatic nitrogens is 2. The van der Waals surface area contributed by atoms with Crippen LogP contribution >= 0.6 is 0 Å². The lowest BCUT2D eigenvalue weighted by Crippen LogP contribution is -2.38. The normalized spacial score (nSPS) is 11.3. The Hall–Kier alpha value is -3.28. The third-order valence-corrected chi connectivity index (χ3v) is 5.57. The van der Waals surface area contributed by atoms with E-state index in [1.54, 1.807) is 13.8 Å². The number of sulfone groups is 1. The SMILES string of the molecule is CCN(CC)C(=O)Cn1c(=O)c(C(N)=O)cc2cc(C(=O)NCCS(C)(=O)=O)cnc21. The van der Waals surface area contributed by atoms with Gasteiger partial charge in [-0.15, -0.1) is 0 Å². The zero-order valence-corrected chi connectivity index (χ0v) is 18.4. The van der Waals surface area contributed by atoms with Crippen molar-refractivity contribution in [3.05, 3.63) is 39.8 Å². The molecule has 0 atom stereocenters. The Morgan fingerprint density at radius 1 is 1.19 bits per heavy atom. The van der Waals surface area contributed by atoms with Gasteiger partial charge in [-0.05, 0) is 26.0 Å². The molecule has 2 aromatic heterocycles. The summed E-state index contributed by atoms with van der Waals surface area (Å²) in [5.41, 5.74) is 4.44. The molecular weight excluding hydrogens is 426 g/mol. The van der Waals surface area contributed by atoms with Gasteiger partial charge in [0.05, 0.1) is 11.3 Å². The summed E-state index contributed by atoms with van der Waals surface area (Å²) in [5.74, 6) is -2.10. The Labute approximate surface area is 179 Å². The van der Waals surface area contributed by atoms with E-state index in [-0.39, 0.29) is 46.9 Å². The number of rotatable bonds is 9. The minimum atomic E-state index is -3.24. The van der Waals surface area contributed by atoms with Gasteiger partial charge in [-0.1, -0.05) is 0 Å². The van der Waals surface area contributed by atoms with Gasteiger partial charge in [-0.2, -0.15) is 0 Å². The van der Waals surface area contributed by atoms with Crippen LogP contribution in [-0.2, 0) is 21.2 Å². The Kier molecular flexibility index (Phi) is 7.50. The van der Waals surface area contributed by atoms with Crippen molar-refractivity contribution in [2.45, 2.75) is 20.4 Å². The fourth-order valence-corrected chi connectivity index (χ4v) is 3.45. The number of carbonyl (C=O) groups is 3. The van der Waals surface area contributed by atoms with Crippen LogP contribution in [0, 0.1) is 0 Å². The molecule has 0 spiro atoms. The fourth-order valence-electron chi connectivity index (χ4n) is 2.98. The number of nitrogens with zero attached hydrogens (tertiary/aromatic N) is 3. The molecule has 12 heteroatoms. The molecular formula is C19H25N5O6S. The van der Waals surface area contributed by atoms with E-state index in [0.717, 1.165) is 10.8 Å². The first-order chi connectivity index (χ1) is 14.5. The fraction of sp³-hybridized carbons (Fsp3) is 0.421. The summed E-state index contributed by atoms with van der Waals surface area (Å²) >= 11 is 0. The van der Waals surface area contributed by atoms with Gasteiger partial charge in [0.2, 0.25) is 5.91 Å². The minimum absolute atomic E-state index is 0.0832. The Bertz CT molecular complexity index is 1180. The van der Waals surface area contributed by atoms with Crippen LogP contribution in [-0.4, -0.2) is 72.2 Å². The van der Waals surface area contributed by atoms with Gasteiger partial charge in [0.1, 0.15) is 27.6 Å². The predicted molar refractivity (Wildman–Crippen MR) is 114 cm³/mol. The van der Waals surface area contributed by atoms with Crippen molar-refractivity contribution >= 4 is 38.6 Å². The van der Waals surface area contributed by atoms with Gasteiger partial charge >= 0.3 is 0 Å². The average Bonchev–Trinajstić information content (AvgIpc) is 2.69. The van der Waals surface area contributed by atoms with E-state index in [2.05, 4.69) is 10.3 Å². The molecule has 0 aliphatic rings. The van der Waals surface area contributed by atoms with Gasteiger partial charge in [0.25, 0.3) is 17.4 Å². The van der Waals surface area contributed by atoms with Gasteiger partial charge in [0, 0.05) is 37.5 Å². The molecule has 0 fully saturated rings. The van der Waals surface area contributed by atoms with Crippen LogP contribution in [0.25, 0.3) is 11.0 Å². The summed E-state index contributed by atoms with van der Waals surface area (Å²) in [7, 11) is -3.24. The molecule has 31 heavy (non-hydrogen) atoms. The Balaban J connectivity index is 2.48. The summed E-state index contributed by atoms with van der Waals surface area (Å²) in [4.78, 5) is 55.0. The molecule has 2 rings (SSSR count). The molecule has 0 aromatic carbocycles. The summed E-state index contributed by atoms with van der Waals surface area (Å²) in [6.45, 7) is 4.07. The number of nitrogens with two attached hydrogens (primary N) is 1. The number of hydrogen-bond donors (Lipinski definition) is 2. The van der Waals surface area contributed by atoms with Crippen molar-refractivity contribution in [1.29, 1.82) is 0 Å². The number of fused-ring (bicyclic) bond motifs is 1. The maximum atomic E-state index is 12.7. The number of amides is 3. The predicted octanol–water partition coefficient (Wildman–Crippen LogP) is -0.862. The minimum Gasteiger partial charge on any atom is -0.365 e. The molecule has 11 nitrogen and oxygen atoms in total. The monoisotopic (exact) mass is 451 g/mol. The number of likely N-dealkylation sites (N-methyl/N-ethyl adjacent to an activating group) is 1. The summed E-state index contributed by atoms with van der Waals surface area (Å²) in [6.07, 6.45) is 2.26. The molecule has 0 unspecified atom stereocenters. The smallest absolute Gasteiger partial charge is 0.265 e. The van der Waals surface area contributed by atoms with Crippen molar-refractivity contribution in [3.8, 4) is 0 Å². The average molecular weight is 452 g/mol. The number of primary amides is 1. The van der Waals surface area contributed by atoms with Crippen molar-refractivity contribution in [2.24, 2.45) is 5.73 Å². The van der Waals surface area contributed by atoms with Crippen molar-refractivity contribution in [1.82, 2.24) is 19.8 Å². The highest BCUT2D eigenvalue weighted by atomic mass is 32.2. The van der Waals surface area contributed by atoms with Crippen LogP contribution in [0.4, 0.5) is 0 Å². The van der Waals surface area contributed by atoms with Crippen LogP contribution in [0.3, 0.4) is 0 Å². The van der Waals surface area contributed by atoms with Gasteiger partial charge in [-0.3, -0.25) is 23.7 Å². The highest BCUT2D eigenvalue weighted by molar-refractivity contribution is 7.90. The lowest BCUT2D eigenvalue weighted by molar-refractivity contribution is -0.131. The van der Waals surface area contributed by atoms with E-state index in [1.807, 2.05) is 0 Å². The number of nitrogens with one attached hydrogen (secondary N) is 1. The van der Waals surface area contributed by atoms with Crippen molar-refractivity contribution in [2.75, 3.05) is 31.6 Å². The summed E-state index contributed by atoms with van der Waals surface area (Å²) < 4.78 is 23.5. The zero-order valence-electron chi connectivity index (χ0n) is 17.5. The quantitative estimate of drug-likeness (QED) is 0.501. The first-order valence-electron chi connectivity index (χ1n) is 9.55. The zero-order chi connectivity index (χ0) is 23.3. The lowest BCUT2D eigenvalue weighted by Gasteiger charge is -2.20. The summed E-state index contributed by atoms with van der Waals surface area (Å²) in [5, 5.41) is 2.73. The van der Waals surface area contributed by atoms with E-state index in [1.165, 1.54) is 23.2 Å². The molecule has 0 aliphatic carbocycles. The van der Waals surface area contributed by atoms with E-state index >= 15 is 0 Å². The van der Waals surface area contributed by atoms with E-state index in [9.17, 15) is 27.6 Å². The van der Waals surface area contributed by atoms with E-state index < -0.39 is 27.2 Å². The maximum Gasteiger partial charge on any atom is 0.265 e. The maximum absolute atomic E-state index is 12.7. The first-order valence-corrected chi connectivity index (χ1v) is 11.6. The number of hydrogen-bond acceptors (Lipinski definition) is 7. The van der Waals surface area contributed by atoms with Crippen molar-refractivity contribution in [3.63, 3.8) is 0 Å². The van der Waals surface area contributed by atoms with E-state index in [0.29, 0.717) is 13.1 Å². The Morgan fingerprint density at radius 2 is 1.84 bits per heavy atom. The molecule has 2 heterocycles.